The van der Waals surface area contributed by atoms with E-state index in [4.69, 9.17) is 55.9 Å². The predicted octanol–water partition coefficient (Wildman–Crippen LogP) is 6.97. The van der Waals surface area contributed by atoms with E-state index in [2.05, 4.69) is 10.2 Å². The van der Waals surface area contributed by atoms with E-state index in [1.807, 2.05) is 0 Å². The lowest BCUT2D eigenvalue weighted by molar-refractivity contribution is -0.135. The van der Waals surface area contributed by atoms with Crippen LogP contribution in [0, 0.1) is 0 Å². The van der Waals surface area contributed by atoms with Crippen LogP contribution in [0.25, 0.3) is 0 Å². The zero-order valence-electron chi connectivity index (χ0n) is 18.1. The smallest absolute Gasteiger partial charge is 0.273 e. The second-order valence-electron chi connectivity index (χ2n) is 7.70. The van der Waals surface area contributed by atoms with Crippen LogP contribution in [0.15, 0.2) is 60.7 Å². The molecule has 2 atom stereocenters. The molecule has 3 aromatic carbocycles. The Balaban J connectivity index is 1.39. The van der Waals surface area contributed by atoms with Crippen molar-refractivity contribution in [3.8, 4) is 17.2 Å². The number of phenols is 1. The fraction of sp³-hybridized carbons (Fsp3) is 0.125. The number of hydrogen-bond acceptors (Lipinski definition) is 7. The highest BCUT2D eigenvalue weighted by Gasteiger charge is 2.52. The van der Waals surface area contributed by atoms with E-state index in [1.165, 1.54) is 22.3 Å². The first-order valence-corrected chi connectivity index (χ1v) is 12.8. The first-order chi connectivity index (χ1) is 17.3. The van der Waals surface area contributed by atoms with E-state index in [0.29, 0.717) is 42.3 Å². The van der Waals surface area contributed by atoms with Gasteiger partial charge >= 0.3 is 0 Å². The largest absolute Gasteiger partial charge is 0.508 e. The zero-order chi connectivity index (χ0) is 25.4. The molecule has 5 rings (SSSR count). The lowest BCUT2D eigenvalue weighted by Gasteiger charge is -2.44. The molecular formula is C24H15Cl4N3O4S. The average Bonchev–Trinajstić information content (AvgIpc) is 3.29. The van der Waals surface area contributed by atoms with Gasteiger partial charge in [0.2, 0.25) is 11.2 Å². The number of rotatable bonds is 7. The second kappa shape index (κ2) is 10.3. The van der Waals surface area contributed by atoms with Gasteiger partial charge in [-0.25, -0.2) is 0 Å². The summed E-state index contributed by atoms with van der Waals surface area (Å²) in [5.41, 5.74) is 0.658. The van der Waals surface area contributed by atoms with E-state index < -0.39 is 12.1 Å². The van der Waals surface area contributed by atoms with Crippen molar-refractivity contribution in [3.63, 3.8) is 0 Å². The lowest BCUT2D eigenvalue weighted by atomic mass is 9.91. The maximum atomic E-state index is 13.2. The van der Waals surface area contributed by atoms with Gasteiger partial charge in [-0.2, -0.15) is 0 Å². The zero-order valence-corrected chi connectivity index (χ0v) is 21.9. The Bertz CT molecular complexity index is 1450. The Morgan fingerprint density at radius 2 is 1.61 bits per heavy atom. The minimum absolute atomic E-state index is 0.0567. The molecule has 1 amide bonds. The van der Waals surface area contributed by atoms with Crippen molar-refractivity contribution >= 4 is 68.8 Å². The summed E-state index contributed by atoms with van der Waals surface area (Å²) in [7, 11) is 0. The summed E-state index contributed by atoms with van der Waals surface area (Å²) in [5.74, 6) is 0.485. The Morgan fingerprint density at radius 1 is 0.917 bits per heavy atom. The molecule has 0 bridgehead atoms. The molecule has 184 valence electrons. The number of halogens is 4. The third-order valence-electron chi connectivity index (χ3n) is 5.31. The molecule has 2 heterocycles. The SMILES string of the molecule is O=C1C(Oc2ccc(Cl)cc2Cl)C(c2cccc(O)c2)N1c1nnc(COc2ccc(Cl)cc2Cl)s1. The van der Waals surface area contributed by atoms with Gasteiger partial charge in [0.25, 0.3) is 5.91 Å². The molecule has 1 N–H and O–H groups in total. The van der Waals surface area contributed by atoms with Crippen molar-refractivity contribution < 1.29 is 19.4 Å². The van der Waals surface area contributed by atoms with Crippen LogP contribution in [-0.4, -0.2) is 27.3 Å². The highest BCUT2D eigenvalue weighted by Crippen LogP contribution is 2.44. The number of aromatic hydroxyl groups is 1. The number of nitrogens with zero attached hydrogens (tertiary/aromatic N) is 3. The van der Waals surface area contributed by atoms with E-state index in [-0.39, 0.29) is 23.3 Å². The van der Waals surface area contributed by atoms with Crippen molar-refractivity contribution in [2.75, 3.05) is 4.90 Å². The Kier molecular flexibility index (Phi) is 7.14. The van der Waals surface area contributed by atoms with Gasteiger partial charge in [0, 0.05) is 10.0 Å². The van der Waals surface area contributed by atoms with Gasteiger partial charge in [-0.15, -0.1) is 10.2 Å². The molecule has 36 heavy (non-hydrogen) atoms. The topological polar surface area (TPSA) is 84.8 Å². The molecule has 12 heteroatoms. The summed E-state index contributed by atoms with van der Waals surface area (Å²) in [6.07, 6.45) is -0.901. The van der Waals surface area contributed by atoms with Gasteiger partial charge in [-0.1, -0.05) is 69.9 Å². The van der Waals surface area contributed by atoms with E-state index in [1.54, 1.807) is 54.6 Å². The van der Waals surface area contributed by atoms with E-state index in [0.717, 1.165) is 0 Å². The molecule has 0 aliphatic carbocycles. The number of phenolic OH excluding ortho intramolecular Hbond substituents is 1. The van der Waals surface area contributed by atoms with Crippen LogP contribution in [0.2, 0.25) is 20.1 Å². The normalized spacial score (nSPS) is 17.1. The Hall–Kier alpha value is -2.75. The van der Waals surface area contributed by atoms with Gasteiger partial charge in [0.15, 0.2) is 5.01 Å². The standard InChI is InChI=1S/C24H15Cl4N3O4S/c25-13-4-6-18(16(27)9-13)34-11-20-29-30-24(36-20)31-21(12-2-1-3-15(32)8-12)22(23(31)33)35-19-7-5-14(26)10-17(19)28/h1-10,21-22,32H,11H2. The van der Waals surface area contributed by atoms with Crippen LogP contribution < -0.4 is 14.4 Å². The second-order valence-corrected chi connectivity index (χ2v) is 10.4. The molecule has 1 aliphatic heterocycles. The third-order valence-corrected chi connectivity index (χ3v) is 7.27. The fourth-order valence-electron chi connectivity index (χ4n) is 3.66. The number of benzene rings is 3. The number of aromatic nitrogens is 2. The summed E-state index contributed by atoms with van der Waals surface area (Å²) >= 11 is 25.5. The first-order valence-electron chi connectivity index (χ1n) is 10.4. The number of amides is 1. The van der Waals surface area contributed by atoms with E-state index >= 15 is 0 Å². The molecule has 7 nitrogen and oxygen atoms in total. The number of ether oxygens (including phenoxy) is 2. The lowest BCUT2D eigenvalue weighted by Crippen LogP contribution is -2.61. The van der Waals surface area contributed by atoms with Crippen molar-refractivity contribution in [2.24, 2.45) is 0 Å². The number of hydrogen-bond donors (Lipinski definition) is 1. The molecule has 1 saturated heterocycles. The molecule has 1 aliphatic rings. The van der Waals surface area contributed by atoms with Crippen LogP contribution in [0.5, 0.6) is 17.2 Å². The molecular weight excluding hydrogens is 568 g/mol. The Labute approximate surface area is 229 Å². The number of anilines is 1. The van der Waals surface area contributed by atoms with Crippen LogP contribution in [-0.2, 0) is 11.4 Å². The van der Waals surface area contributed by atoms with Gasteiger partial charge < -0.3 is 14.6 Å². The maximum Gasteiger partial charge on any atom is 0.273 e. The monoisotopic (exact) mass is 581 g/mol. The third kappa shape index (κ3) is 5.05. The van der Waals surface area contributed by atoms with Crippen molar-refractivity contribution in [1.82, 2.24) is 10.2 Å². The number of carbonyl (C=O) groups is 1. The van der Waals surface area contributed by atoms with Gasteiger partial charge in [-0.05, 0) is 54.1 Å². The van der Waals surface area contributed by atoms with Crippen LogP contribution in [0.4, 0.5) is 5.13 Å². The highest BCUT2D eigenvalue weighted by molar-refractivity contribution is 7.15. The Morgan fingerprint density at radius 3 is 2.28 bits per heavy atom. The van der Waals surface area contributed by atoms with Gasteiger partial charge in [0.05, 0.1) is 10.0 Å². The molecule has 0 radical (unpaired) electrons. The summed E-state index contributed by atoms with van der Waals surface area (Å²) in [6.45, 7) is 0.0954. The minimum Gasteiger partial charge on any atom is -0.508 e. The molecule has 0 spiro atoms. The van der Waals surface area contributed by atoms with Crippen LogP contribution >= 0.6 is 57.7 Å². The number of β-lactam (4-membered cyclic amide) rings is 1. The van der Waals surface area contributed by atoms with Gasteiger partial charge in [-0.3, -0.25) is 9.69 Å². The minimum atomic E-state index is -0.901. The quantitative estimate of drug-likeness (QED) is 0.237. The van der Waals surface area contributed by atoms with Gasteiger partial charge in [0.1, 0.15) is 29.9 Å². The average molecular weight is 583 g/mol. The predicted molar refractivity (Wildman–Crippen MR) is 140 cm³/mol. The summed E-state index contributed by atoms with van der Waals surface area (Å²) in [4.78, 5) is 14.7. The van der Waals surface area contributed by atoms with Crippen molar-refractivity contribution in [3.05, 3.63) is 91.3 Å². The fourth-order valence-corrected chi connectivity index (χ4v) is 5.37. The summed E-state index contributed by atoms with van der Waals surface area (Å²) in [6, 6.07) is 15.7. The van der Waals surface area contributed by atoms with Crippen LogP contribution in [0.1, 0.15) is 16.6 Å². The highest BCUT2D eigenvalue weighted by atomic mass is 35.5. The molecule has 1 aromatic heterocycles. The number of carbonyl (C=O) groups excluding carboxylic acids is 1. The van der Waals surface area contributed by atoms with E-state index in [9.17, 15) is 9.90 Å². The molecule has 1 fully saturated rings. The summed E-state index contributed by atoms with van der Waals surface area (Å²) < 4.78 is 11.7. The molecule has 4 aromatic rings. The van der Waals surface area contributed by atoms with Crippen molar-refractivity contribution in [1.29, 1.82) is 0 Å². The molecule has 2 unspecified atom stereocenters. The maximum absolute atomic E-state index is 13.2. The summed E-state index contributed by atoms with van der Waals surface area (Å²) in [5, 5.41) is 20.8. The molecule has 0 saturated carbocycles. The van der Waals surface area contributed by atoms with Crippen LogP contribution in [0.3, 0.4) is 0 Å². The van der Waals surface area contributed by atoms with Crippen molar-refractivity contribution in [2.45, 2.75) is 18.8 Å². The first kappa shape index (κ1) is 24.9.